The first-order chi connectivity index (χ1) is 7.20. The fourth-order valence-electron chi connectivity index (χ4n) is 1.55. The lowest BCUT2D eigenvalue weighted by Gasteiger charge is -2.04. The summed E-state index contributed by atoms with van der Waals surface area (Å²) in [7, 11) is 0. The molecule has 4 nitrogen and oxygen atoms in total. The summed E-state index contributed by atoms with van der Waals surface area (Å²) in [6.07, 6.45) is 8.05. The van der Waals surface area contributed by atoms with Gasteiger partial charge in [0.1, 0.15) is 5.82 Å². The number of unbranched alkanes of at least 4 members (excludes halogenated alkanes) is 3. The average Bonchev–Trinajstić information content (AvgIpc) is 2.57. The molecular formula is C11H18N2O2. The first-order valence-electron chi connectivity index (χ1n) is 5.39. The number of hydrogen-bond acceptors (Lipinski definition) is 2. The molecule has 84 valence electrons. The van der Waals surface area contributed by atoms with Crippen molar-refractivity contribution in [1.82, 2.24) is 9.55 Å². The zero-order valence-corrected chi connectivity index (χ0v) is 9.15. The summed E-state index contributed by atoms with van der Waals surface area (Å²) in [6, 6.07) is 0. The first-order valence-corrected chi connectivity index (χ1v) is 5.39. The lowest BCUT2D eigenvalue weighted by Crippen LogP contribution is -1.99. The van der Waals surface area contributed by atoms with Crippen LogP contribution in [0.25, 0.3) is 0 Å². The van der Waals surface area contributed by atoms with Gasteiger partial charge in [-0.1, -0.05) is 12.8 Å². The number of carboxylic acid groups (broad SMARTS) is 1. The molecule has 0 aliphatic rings. The quantitative estimate of drug-likeness (QED) is 0.702. The minimum Gasteiger partial charge on any atom is -0.481 e. The third-order valence-electron chi connectivity index (χ3n) is 2.46. The van der Waals surface area contributed by atoms with E-state index in [1.54, 1.807) is 6.20 Å². The number of aryl methyl sites for hydroxylation is 2. The molecule has 15 heavy (non-hydrogen) atoms. The van der Waals surface area contributed by atoms with Gasteiger partial charge in [0.15, 0.2) is 0 Å². The van der Waals surface area contributed by atoms with Crippen molar-refractivity contribution in [3.05, 3.63) is 18.2 Å². The van der Waals surface area contributed by atoms with Gasteiger partial charge >= 0.3 is 5.97 Å². The number of carbonyl (C=O) groups is 1. The van der Waals surface area contributed by atoms with Gasteiger partial charge in [0, 0.05) is 25.4 Å². The fraction of sp³-hybridized carbons (Fsp3) is 0.636. The summed E-state index contributed by atoms with van der Waals surface area (Å²) in [4.78, 5) is 14.4. The number of nitrogens with zero attached hydrogens (tertiary/aromatic N) is 2. The Morgan fingerprint density at radius 3 is 2.73 bits per heavy atom. The number of carboxylic acids is 1. The maximum Gasteiger partial charge on any atom is 0.303 e. The van der Waals surface area contributed by atoms with E-state index in [2.05, 4.69) is 9.55 Å². The zero-order chi connectivity index (χ0) is 11.1. The second-order valence-corrected chi connectivity index (χ2v) is 3.73. The van der Waals surface area contributed by atoms with Crippen molar-refractivity contribution in [2.75, 3.05) is 0 Å². The highest BCUT2D eigenvalue weighted by Gasteiger charge is 1.98. The molecule has 0 amide bonds. The van der Waals surface area contributed by atoms with Gasteiger partial charge in [0.05, 0.1) is 0 Å². The maximum absolute atomic E-state index is 10.3. The predicted octanol–water partition coefficient (Wildman–Crippen LogP) is 2.23. The molecule has 0 aliphatic carbocycles. The Balaban J connectivity index is 2.03. The van der Waals surface area contributed by atoms with Crippen molar-refractivity contribution in [2.24, 2.45) is 0 Å². The Bertz CT molecular complexity index is 307. The molecule has 0 radical (unpaired) electrons. The fourth-order valence-corrected chi connectivity index (χ4v) is 1.55. The molecule has 0 fully saturated rings. The molecule has 0 aliphatic heterocycles. The van der Waals surface area contributed by atoms with Gasteiger partial charge in [0.25, 0.3) is 0 Å². The minimum atomic E-state index is -0.694. The van der Waals surface area contributed by atoms with Gasteiger partial charge in [-0.2, -0.15) is 0 Å². The van der Waals surface area contributed by atoms with Crippen LogP contribution in [0.1, 0.15) is 37.9 Å². The first kappa shape index (κ1) is 11.8. The molecule has 0 unspecified atom stereocenters. The molecule has 1 aromatic rings. The van der Waals surface area contributed by atoms with Gasteiger partial charge in [-0.25, -0.2) is 4.98 Å². The van der Waals surface area contributed by atoms with E-state index >= 15 is 0 Å². The number of imidazole rings is 1. The molecule has 1 heterocycles. The Morgan fingerprint density at radius 2 is 2.13 bits per heavy atom. The van der Waals surface area contributed by atoms with Crippen molar-refractivity contribution >= 4 is 5.97 Å². The summed E-state index contributed by atoms with van der Waals surface area (Å²) in [5.41, 5.74) is 0. The molecule has 0 atom stereocenters. The van der Waals surface area contributed by atoms with Crippen molar-refractivity contribution < 1.29 is 9.90 Å². The molecule has 0 saturated carbocycles. The van der Waals surface area contributed by atoms with Crippen LogP contribution in [-0.4, -0.2) is 20.6 Å². The van der Waals surface area contributed by atoms with E-state index in [-0.39, 0.29) is 0 Å². The molecule has 1 rings (SSSR count). The zero-order valence-electron chi connectivity index (χ0n) is 9.15. The van der Waals surface area contributed by atoms with E-state index in [0.29, 0.717) is 6.42 Å². The topological polar surface area (TPSA) is 55.1 Å². The highest BCUT2D eigenvalue weighted by Crippen LogP contribution is 2.05. The third kappa shape index (κ3) is 4.63. The van der Waals surface area contributed by atoms with Crippen LogP contribution >= 0.6 is 0 Å². The summed E-state index contributed by atoms with van der Waals surface area (Å²) in [5, 5.41) is 8.44. The van der Waals surface area contributed by atoms with Crippen molar-refractivity contribution in [1.29, 1.82) is 0 Å². The van der Waals surface area contributed by atoms with E-state index in [0.717, 1.165) is 38.1 Å². The second kappa shape index (κ2) is 6.22. The molecule has 0 saturated heterocycles. The summed E-state index contributed by atoms with van der Waals surface area (Å²) in [6.45, 7) is 2.98. The highest BCUT2D eigenvalue weighted by atomic mass is 16.4. The SMILES string of the molecule is Cc1nccn1CCCCCCC(=O)O. The average molecular weight is 210 g/mol. The van der Waals surface area contributed by atoms with Crippen LogP contribution in [0, 0.1) is 6.92 Å². The summed E-state index contributed by atoms with van der Waals surface area (Å²) < 4.78 is 2.12. The smallest absolute Gasteiger partial charge is 0.303 e. The monoisotopic (exact) mass is 210 g/mol. The Morgan fingerprint density at radius 1 is 1.40 bits per heavy atom. The van der Waals surface area contributed by atoms with Crippen LogP contribution in [0.4, 0.5) is 0 Å². The van der Waals surface area contributed by atoms with Crippen LogP contribution in [0.5, 0.6) is 0 Å². The normalized spacial score (nSPS) is 10.5. The van der Waals surface area contributed by atoms with Crippen molar-refractivity contribution in [2.45, 2.75) is 45.6 Å². The number of rotatable bonds is 7. The van der Waals surface area contributed by atoms with Crippen LogP contribution in [-0.2, 0) is 11.3 Å². The number of hydrogen-bond donors (Lipinski definition) is 1. The lowest BCUT2D eigenvalue weighted by atomic mass is 10.1. The van der Waals surface area contributed by atoms with Gasteiger partial charge in [0.2, 0.25) is 0 Å². The van der Waals surface area contributed by atoms with E-state index in [9.17, 15) is 4.79 Å². The molecule has 0 bridgehead atoms. The molecule has 1 aromatic heterocycles. The summed E-state index contributed by atoms with van der Waals surface area (Å²) >= 11 is 0. The Hall–Kier alpha value is -1.32. The van der Waals surface area contributed by atoms with E-state index in [4.69, 9.17) is 5.11 Å². The lowest BCUT2D eigenvalue weighted by molar-refractivity contribution is -0.137. The maximum atomic E-state index is 10.3. The standard InChI is InChI=1S/C11H18N2O2/c1-10-12-7-9-13(10)8-5-3-2-4-6-11(14)15/h7,9H,2-6,8H2,1H3,(H,14,15). The van der Waals surface area contributed by atoms with Crippen molar-refractivity contribution in [3.8, 4) is 0 Å². The van der Waals surface area contributed by atoms with Gasteiger partial charge < -0.3 is 9.67 Å². The van der Waals surface area contributed by atoms with E-state index in [1.807, 2.05) is 13.1 Å². The number of aromatic nitrogens is 2. The third-order valence-corrected chi connectivity index (χ3v) is 2.46. The van der Waals surface area contributed by atoms with Crippen LogP contribution < -0.4 is 0 Å². The van der Waals surface area contributed by atoms with E-state index < -0.39 is 5.97 Å². The highest BCUT2D eigenvalue weighted by molar-refractivity contribution is 5.66. The molecule has 1 N–H and O–H groups in total. The minimum absolute atomic E-state index is 0.296. The van der Waals surface area contributed by atoms with Gasteiger partial charge in [-0.3, -0.25) is 4.79 Å². The second-order valence-electron chi connectivity index (χ2n) is 3.73. The van der Waals surface area contributed by atoms with Crippen LogP contribution in [0.3, 0.4) is 0 Å². The number of aliphatic carboxylic acids is 1. The molecular weight excluding hydrogens is 192 g/mol. The summed E-state index contributed by atoms with van der Waals surface area (Å²) in [5.74, 6) is 0.348. The predicted molar refractivity (Wildman–Crippen MR) is 57.7 cm³/mol. The van der Waals surface area contributed by atoms with E-state index in [1.165, 1.54) is 0 Å². The molecule has 0 spiro atoms. The largest absolute Gasteiger partial charge is 0.481 e. The van der Waals surface area contributed by atoms with Crippen molar-refractivity contribution in [3.63, 3.8) is 0 Å². The van der Waals surface area contributed by atoms with Gasteiger partial charge in [-0.15, -0.1) is 0 Å². The Kier molecular flexibility index (Phi) is 4.87. The van der Waals surface area contributed by atoms with Crippen LogP contribution in [0.2, 0.25) is 0 Å². The van der Waals surface area contributed by atoms with Crippen LogP contribution in [0.15, 0.2) is 12.4 Å². The molecule has 0 aromatic carbocycles. The van der Waals surface area contributed by atoms with Gasteiger partial charge in [-0.05, 0) is 19.8 Å². The Labute approximate surface area is 89.9 Å². The molecule has 4 heteroatoms.